The molecule has 0 fully saturated rings. The van der Waals surface area contributed by atoms with Gasteiger partial charge in [0.05, 0.1) is 5.57 Å². The molecule has 2 aromatic rings. The summed E-state index contributed by atoms with van der Waals surface area (Å²) in [5, 5.41) is 3.24. The molecule has 1 heterocycles. The quantitative estimate of drug-likeness (QED) is 0.603. The van der Waals surface area contributed by atoms with Crippen LogP contribution in [0.4, 0.5) is 5.69 Å². The largest absolute Gasteiger partial charge is 0.385 e. The summed E-state index contributed by atoms with van der Waals surface area (Å²) in [6.45, 7) is 4.80. The average Bonchev–Trinajstić information content (AvgIpc) is 2.90. The number of ether oxygens (including phenoxy) is 1. The number of carbonyl (C=O) groups is 2. The van der Waals surface area contributed by atoms with Gasteiger partial charge in [-0.15, -0.1) is 0 Å². The fourth-order valence-corrected chi connectivity index (χ4v) is 3.14. The Hall–Kier alpha value is -2.92. The van der Waals surface area contributed by atoms with E-state index in [1.165, 1.54) is 4.90 Å². The van der Waals surface area contributed by atoms with E-state index in [0.29, 0.717) is 30.8 Å². The van der Waals surface area contributed by atoms with E-state index in [1.807, 2.05) is 62.4 Å². The Kier molecular flexibility index (Phi) is 5.72. The Bertz CT molecular complexity index is 888. The lowest BCUT2D eigenvalue weighted by Gasteiger charge is -2.15. The Morgan fingerprint density at radius 3 is 2.44 bits per heavy atom. The summed E-state index contributed by atoms with van der Waals surface area (Å²) in [4.78, 5) is 27.4. The molecule has 1 aliphatic rings. The summed E-state index contributed by atoms with van der Waals surface area (Å²) in [5.74, 6) is -0.564. The Labute approximate surface area is 159 Å². The molecular formula is C22H24N2O3. The van der Waals surface area contributed by atoms with Crippen LogP contribution in [0.25, 0.3) is 5.57 Å². The van der Waals surface area contributed by atoms with Crippen molar-refractivity contribution in [3.8, 4) is 0 Å². The number of carbonyl (C=O) groups excluding carboxylic acids is 2. The molecule has 2 aromatic carbocycles. The maximum Gasteiger partial charge on any atom is 0.278 e. The third-order valence-electron chi connectivity index (χ3n) is 4.61. The lowest BCUT2D eigenvalue weighted by Crippen LogP contribution is -2.34. The number of methoxy groups -OCH3 is 1. The number of amides is 2. The summed E-state index contributed by atoms with van der Waals surface area (Å²) < 4.78 is 5.06. The molecule has 0 aromatic heterocycles. The van der Waals surface area contributed by atoms with Crippen LogP contribution in [0.2, 0.25) is 0 Å². The predicted molar refractivity (Wildman–Crippen MR) is 106 cm³/mol. The normalized spacial score (nSPS) is 14.3. The number of imide groups is 1. The monoisotopic (exact) mass is 364 g/mol. The first-order valence-electron chi connectivity index (χ1n) is 9.02. The van der Waals surface area contributed by atoms with Crippen LogP contribution < -0.4 is 5.32 Å². The van der Waals surface area contributed by atoms with Crippen molar-refractivity contribution < 1.29 is 14.3 Å². The molecule has 140 valence electrons. The number of hydrogen-bond donors (Lipinski definition) is 1. The minimum absolute atomic E-state index is 0.268. The third kappa shape index (κ3) is 3.93. The van der Waals surface area contributed by atoms with Gasteiger partial charge in [0.25, 0.3) is 11.8 Å². The van der Waals surface area contributed by atoms with E-state index in [0.717, 1.165) is 22.4 Å². The van der Waals surface area contributed by atoms with Gasteiger partial charge in [-0.25, -0.2) is 0 Å². The first kappa shape index (κ1) is 18.9. The van der Waals surface area contributed by atoms with Crippen molar-refractivity contribution in [3.05, 3.63) is 70.9 Å². The summed E-state index contributed by atoms with van der Waals surface area (Å²) in [6, 6.07) is 15.3. The predicted octanol–water partition coefficient (Wildman–Crippen LogP) is 3.53. The van der Waals surface area contributed by atoms with Crippen LogP contribution in [-0.2, 0) is 14.3 Å². The molecule has 0 spiro atoms. The highest BCUT2D eigenvalue weighted by Gasteiger charge is 2.38. The lowest BCUT2D eigenvalue weighted by molar-refractivity contribution is -0.136. The van der Waals surface area contributed by atoms with Gasteiger partial charge in [0, 0.05) is 25.9 Å². The van der Waals surface area contributed by atoms with Gasteiger partial charge < -0.3 is 10.1 Å². The van der Waals surface area contributed by atoms with E-state index in [1.54, 1.807) is 7.11 Å². The molecule has 3 rings (SSSR count). The number of rotatable bonds is 7. The molecule has 1 N–H and O–H groups in total. The van der Waals surface area contributed by atoms with Crippen molar-refractivity contribution in [2.75, 3.05) is 25.6 Å². The van der Waals surface area contributed by atoms with E-state index >= 15 is 0 Å². The summed E-state index contributed by atoms with van der Waals surface area (Å²) in [6.07, 6.45) is 0.604. The van der Waals surface area contributed by atoms with E-state index in [-0.39, 0.29) is 11.8 Å². The van der Waals surface area contributed by atoms with Crippen molar-refractivity contribution in [2.45, 2.75) is 20.3 Å². The average molecular weight is 364 g/mol. The van der Waals surface area contributed by atoms with Gasteiger partial charge in [-0.05, 0) is 43.0 Å². The topological polar surface area (TPSA) is 58.6 Å². The zero-order chi connectivity index (χ0) is 19.4. The molecule has 2 amide bonds. The molecule has 0 bridgehead atoms. The Morgan fingerprint density at radius 2 is 1.74 bits per heavy atom. The summed E-state index contributed by atoms with van der Waals surface area (Å²) >= 11 is 0. The molecule has 0 aliphatic carbocycles. The molecular weight excluding hydrogens is 340 g/mol. The van der Waals surface area contributed by atoms with Gasteiger partial charge in [0.1, 0.15) is 5.70 Å². The van der Waals surface area contributed by atoms with E-state index in [9.17, 15) is 9.59 Å². The number of nitrogens with one attached hydrogen (secondary N) is 1. The second-order valence-corrected chi connectivity index (χ2v) is 6.67. The van der Waals surface area contributed by atoms with Crippen LogP contribution in [-0.4, -0.2) is 37.0 Å². The Balaban J connectivity index is 2.01. The van der Waals surface area contributed by atoms with Gasteiger partial charge in [-0.3, -0.25) is 14.5 Å². The van der Waals surface area contributed by atoms with Crippen LogP contribution in [0, 0.1) is 13.8 Å². The standard InChI is InChI=1S/C22H24N2O3/c1-15-10-11-16(2)18(14-15)23-20-19(17-8-5-4-6-9-17)21(25)24(22(20)26)12-7-13-27-3/h4-6,8-11,14,23H,7,12-13H2,1-3H3. The van der Waals surface area contributed by atoms with E-state index in [4.69, 9.17) is 4.74 Å². The summed E-state index contributed by atoms with van der Waals surface area (Å²) in [5.41, 5.74) is 4.41. The van der Waals surface area contributed by atoms with Crippen molar-refractivity contribution in [3.63, 3.8) is 0 Å². The van der Waals surface area contributed by atoms with Crippen molar-refractivity contribution >= 4 is 23.1 Å². The van der Waals surface area contributed by atoms with Crippen LogP contribution in [0.5, 0.6) is 0 Å². The van der Waals surface area contributed by atoms with Gasteiger partial charge in [0.15, 0.2) is 0 Å². The van der Waals surface area contributed by atoms with Crippen molar-refractivity contribution in [2.24, 2.45) is 0 Å². The van der Waals surface area contributed by atoms with Crippen LogP contribution in [0.3, 0.4) is 0 Å². The SMILES string of the molecule is COCCCN1C(=O)C(Nc2cc(C)ccc2C)=C(c2ccccc2)C1=O. The van der Waals surface area contributed by atoms with Crippen molar-refractivity contribution in [1.29, 1.82) is 0 Å². The minimum Gasteiger partial charge on any atom is -0.385 e. The molecule has 0 saturated heterocycles. The summed E-state index contributed by atoms with van der Waals surface area (Å²) in [7, 11) is 1.61. The minimum atomic E-state index is -0.295. The van der Waals surface area contributed by atoms with E-state index in [2.05, 4.69) is 5.32 Å². The van der Waals surface area contributed by atoms with Crippen LogP contribution >= 0.6 is 0 Å². The zero-order valence-corrected chi connectivity index (χ0v) is 15.9. The molecule has 5 nitrogen and oxygen atoms in total. The third-order valence-corrected chi connectivity index (χ3v) is 4.61. The first-order valence-corrected chi connectivity index (χ1v) is 9.02. The maximum atomic E-state index is 13.0. The van der Waals surface area contributed by atoms with Crippen molar-refractivity contribution in [1.82, 2.24) is 4.90 Å². The first-order chi connectivity index (χ1) is 13.0. The fourth-order valence-electron chi connectivity index (χ4n) is 3.14. The van der Waals surface area contributed by atoms with Gasteiger partial charge in [-0.1, -0.05) is 42.5 Å². The highest BCUT2D eigenvalue weighted by atomic mass is 16.5. The number of aryl methyl sites for hydroxylation is 2. The molecule has 27 heavy (non-hydrogen) atoms. The molecule has 0 radical (unpaired) electrons. The zero-order valence-electron chi connectivity index (χ0n) is 15.9. The van der Waals surface area contributed by atoms with Crippen LogP contribution in [0.15, 0.2) is 54.2 Å². The smallest absolute Gasteiger partial charge is 0.278 e. The molecule has 1 aliphatic heterocycles. The molecule has 0 saturated carbocycles. The number of nitrogens with zero attached hydrogens (tertiary/aromatic N) is 1. The molecule has 5 heteroatoms. The maximum absolute atomic E-state index is 13.0. The Morgan fingerprint density at radius 1 is 1.00 bits per heavy atom. The second-order valence-electron chi connectivity index (χ2n) is 6.67. The van der Waals surface area contributed by atoms with Gasteiger partial charge in [-0.2, -0.15) is 0 Å². The lowest BCUT2D eigenvalue weighted by atomic mass is 10.0. The highest BCUT2D eigenvalue weighted by molar-refractivity contribution is 6.36. The number of benzene rings is 2. The molecule has 0 unspecified atom stereocenters. The van der Waals surface area contributed by atoms with Crippen LogP contribution in [0.1, 0.15) is 23.1 Å². The molecule has 0 atom stereocenters. The van der Waals surface area contributed by atoms with Gasteiger partial charge >= 0.3 is 0 Å². The van der Waals surface area contributed by atoms with Gasteiger partial charge in [0.2, 0.25) is 0 Å². The van der Waals surface area contributed by atoms with E-state index < -0.39 is 0 Å². The number of hydrogen-bond acceptors (Lipinski definition) is 4. The highest BCUT2D eigenvalue weighted by Crippen LogP contribution is 2.31. The second kappa shape index (κ2) is 8.18. The number of anilines is 1. The fraction of sp³-hybridized carbons (Fsp3) is 0.273.